The molecule has 5 aromatic rings. The second-order valence-corrected chi connectivity index (χ2v) is 10.5. The van der Waals surface area contributed by atoms with E-state index in [-0.39, 0.29) is 51.0 Å². The molecule has 1 radical (unpaired) electrons. The zero-order valence-corrected chi connectivity index (χ0v) is 27.6. The number of hydrogen-bond acceptors (Lipinski definition) is 0. The molecule has 5 aromatic carbocycles. The molecular formula is C39H29Cl2Zr. The van der Waals surface area contributed by atoms with Gasteiger partial charge in [-0.05, 0) is 53.3 Å². The van der Waals surface area contributed by atoms with Crippen LogP contribution in [0.5, 0.6) is 0 Å². The molecule has 0 aliphatic heterocycles. The molecule has 0 bridgehead atoms. The Kier molecular flexibility index (Phi) is 10.1. The molecule has 2 aliphatic carbocycles. The molecule has 3 heteroatoms. The third-order valence-corrected chi connectivity index (χ3v) is 7.98. The van der Waals surface area contributed by atoms with E-state index in [4.69, 9.17) is 0 Å². The number of fused-ring (bicyclic) bond motifs is 2. The van der Waals surface area contributed by atoms with Crippen LogP contribution in [0.25, 0.3) is 28.3 Å². The number of hydrogen-bond donors (Lipinski definition) is 0. The summed E-state index contributed by atoms with van der Waals surface area (Å²) >= 11 is 0. The number of rotatable bonds is 4. The largest absolute Gasteiger partial charge is 3.00 e. The minimum atomic E-state index is 0. The monoisotopic (exact) mass is 657 g/mol. The van der Waals surface area contributed by atoms with Crippen molar-refractivity contribution in [2.45, 2.75) is 20.3 Å². The third kappa shape index (κ3) is 5.47. The first-order valence-corrected chi connectivity index (χ1v) is 13.7. The van der Waals surface area contributed by atoms with Crippen LogP contribution in [-0.2, 0) is 26.2 Å². The van der Waals surface area contributed by atoms with Gasteiger partial charge in [-0.25, -0.2) is 0 Å². The van der Waals surface area contributed by atoms with Crippen molar-refractivity contribution in [2.75, 3.05) is 0 Å². The zero-order valence-electron chi connectivity index (χ0n) is 23.6. The van der Waals surface area contributed by atoms with Gasteiger partial charge in [0.2, 0.25) is 0 Å². The Hall–Kier alpha value is -3.22. The Morgan fingerprint density at radius 1 is 0.690 bits per heavy atom. The Morgan fingerprint density at radius 3 is 1.86 bits per heavy atom. The number of allylic oxidation sites excluding steroid dienone is 4. The Bertz CT molecular complexity index is 1980. The predicted octanol–water partition coefficient (Wildman–Crippen LogP) is 1.87. The Balaban J connectivity index is 0.00000135. The summed E-state index contributed by atoms with van der Waals surface area (Å²) in [7, 11) is 0. The minimum absolute atomic E-state index is 0. The average molecular weight is 660 g/mol. The van der Waals surface area contributed by atoms with Crippen LogP contribution in [0.4, 0.5) is 0 Å². The molecule has 203 valence electrons. The minimum Gasteiger partial charge on any atom is -1.00 e. The van der Waals surface area contributed by atoms with Gasteiger partial charge >= 0.3 is 26.2 Å². The molecule has 0 atom stereocenters. The molecule has 0 N–H and O–H groups in total. The van der Waals surface area contributed by atoms with Gasteiger partial charge in [0.05, 0.1) is 0 Å². The molecule has 0 fully saturated rings. The fourth-order valence-corrected chi connectivity index (χ4v) is 6.30. The summed E-state index contributed by atoms with van der Waals surface area (Å²) in [5.41, 5.74) is 12.7. The van der Waals surface area contributed by atoms with Crippen molar-refractivity contribution < 1.29 is 51.0 Å². The van der Waals surface area contributed by atoms with E-state index in [0.29, 0.717) is 0 Å². The van der Waals surface area contributed by atoms with Crippen molar-refractivity contribution in [3.05, 3.63) is 182 Å². The Labute approximate surface area is 279 Å². The summed E-state index contributed by atoms with van der Waals surface area (Å²) in [6.45, 7) is 4.48. The van der Waals surface area contributed by atoms with Crippen LogP contribution in [0.2, 0.25) is 0 Å². The Morgan fingerprint density at radius 2 is 1.29 bits per heavy atom. The van der Waals surface area contributed by atoms with Crippen molar-refractivity contribution in [1.29, 1.82) is 0 Å². The summed E-state index contributed by atoms with van der Waals surface area (Å²) in [4.78, 5) is 0. The first kappa shape index (κ1) is 31.7. The van der Waals surface area contributed by atoms with Crippen LogP contribution in [-0.4, -0.2) is 0 Å². The maximum absolute atomic E-state index is 3.90. The SMILES string of the molecule is Cc1ccc2c(c1)=[C-]c1c(C3=CC=CC3)c(C)c(-c3ccccc3)c(=C(c3ccccc3)c3ccccc3)c1=2.[Cl-].[Cl-].[Zr+3]. The first-order chi connectivity index (χ1) is 19.2. The molecule has 42 heavy (non-hydrogen) atoms. The van der Waals surface area contributed by atoms with Crippen molar-refractivity contribution in [3.8, 4) is 11.1 Å². The van der Waals surface area contributed by atoms with Crippen molar-refractivity contribution >= 4 is 17.2 Å². The molecule has 0 amide bonds. The van der Waals surface area contributed by atoms with E-state index in [0.717, 1.165) is 6.42 Å². The van der Waals surface area contributed by atoms with Gasteiger partial charge in [0.15, 0.2) is 0 Å². The molecule has 0 nitrogen and oxygen atoms in total. The van der Waals surface area contributed by atoms with E-state index in [1.807, 2.05) is 0 Å². The van der Waals surface area contributed by atoms with Crippen LogP contribution in [0, 0.1) is 24.3 Å². The van der Waals surface area contributed by atoms with Crippen LogP contribution in [0.3, 0.4) is 0 Å². The summed E-state index contributed by atoms with van der Waals surface area (Å²) < 4.78 is 0. The quantitative estimate of drug-likeness (QED) is 0.254. The van der Waals surface area contributed by atoms with Gasteiger partial charge in [-0.2, -0.15) is 0 Å². The summed E-state index contributed by atoms with van der Waals surface area (Å²) in [6, 6.07) is 39.5. The molecule has 0 saturated heterocycles. The maximum atomic E-state index is 3.90. The van der Waals surface area contributed by atoms with Crippen LogP contribution < -0.4 is 35.3 Å². The summed E-state index contributed by atoms with van der Waals surface area (Å²) in [5.74, 6) is 0. The average Bonchev–Trinajstić information content (AvgIpc) is 3.63. The van der Waals surface area contributed by atoms with Crippen molar-refractivity contribution in [1.82, 2.24) is 0 Å². The van der Waals surface area contributed by atoms with Crippen LogP contribution in [0.1, 0.15) is 39.8 Å². The summed E-state index contributed by atoms with van der Waals surface area (Å²) in [5, 5.41) is 5.03. The number of aryl methyl sites for hydroxylation is 1. The molecule has 0 heterocycles. The van der Waals surface area contributed by atoms with Gasteiger partial charge in [-0.1, -0.05) is 149 Å². The molecule has 0 saturated carbocycles. The van der Waals surface area contributed by atoms with Gasteiger partial charge in [-0.15, -0.1) is 28.1 Å². The zero-order chi connectivity index (χ0) is 26.3. The van der Waals surface area contributed by atoms with Crippen molar-refractivity contribution in [2.24, 2.45) is 0 Å². The first-order valence-electron chi connectivity index (χ1n) is 13.7. The standard InChI is InChI=1S/C39H29.2ClH.Zr/c1-26-22-23-33-32(24-26)25-34-35(28-20-12-13-21-28)27(2)36(29-14-6-3-7-15-29)39(38(33)34)37(30-16-8-4-9-17-30)31-18-10-5-11-19-31;;;/h3-20,22-24H,21H2,1-2H3;2*1H;/q-1;;;+3/p-2. The van der Waals surface area contributed by atoms with Crippen molar-refractivity contribution in [3.63, 3.8) is 0 Å². The van der Waals surface area contributed by atoms with E-state index in [2.05, 4.69) is 147 Å². The molecular weight excluding hydrogens is 631 g/mol. The molecule has 7 rings (SSSR count). The third-order valence-electron chi connectivity index (χ3n) is 7.98. The van der Waals surface area contributed by atoms with E-state index in [9.17, 15) is 0 Å². The van der Waals surface area contributed by atoms with Gasteiger partial charge in [-0.3, -0.25) is 0 Å². The van der Waals surface area contributed by atoms with E-state index < -0.39 is 0 Å². The fourth-order valence-electron chi connectivity index (χ4n) is 6.30. The fraction of sp³-hybridized carbons (Fsp3) is 0.0769. The second-order valence-electron chi connectivity index (χ2n) is 10.5. The topological polar surface area (TPSA) is 0 Å². The van der Waals surface area contributed by atoms with Crippen LogP contribution in [0.15, 0.2) is 127 Å². The summed E-state index contributed by atoms with van der Waals surface area (Å²) in [6.07, 6.45) is 11.6. The van der Waals surface area contributed by atoms with Crippen LogP contribution >= 0.6 is 0 Å². The van der Waals surface area contributed by atoms with E-state index >= 15 is 0 Å². The van der Waals surface area contributed by atoms with E-state index in [1.54, 1.807) is 0 Å². The molecule has 0 unspecified atom stereocenters. The predicted molar refractivity (Wildman–Crippen MR) is 163 cm³/mol. The van der Waals surface area contributed by atoms with Gasteiger partial charge in [0.1, 0.15) is 0 Å². The smallest absolute Gasteiger partial charge is 1.00 e. The number of halogens is 2. The van der Waals surface area contributed by atoms with E-state index in [1.165, 1.54) is 76.5 Å². The van der Waals surface area contributed by atoms with Gasteiger partial charge < -0.3 is 24.8 Å². The molecule has 2 aliphatic rings. The normalized spacial score (nSPS) is 12.1. The molecule has 0 spiro atoms. The maximum Gasteiger partial charge on any atom is 3.00 e. The van der Waals surface area contributed by atoms with Gasteiger partial charge in [0.25, 0.3) is 0 Å². The molecule has 0 aromatic heterocycles. The second kappa shape index (κ2) is 13.4. The van der Waals surface area contributed by atoms with Gasteiger partial charge in [0, 0.05) is 0 Å². The number of benzene rings is 5.